The van der Waals surface area contributed by atoms with Crippen LogP contribution >= 0.6 is 11.6 Å². The molecule has 2 amide bonds. The number of aryl methyl sites for hydroxylation is 2. The first kappa shape index (κ1) is 24.6. The van der Waals surface area contributed by atoms with Gasteiger partial charge in [-0.3, -0.25) is 19.3 Å². The third kappa shape index (κ3) is 5.78. The van der Waals surface area contributed by atoms with Gasteiger partial charge in [0, 0.05) is 37.3 Å². The zero-order valence-electron chi connectivity index (χ0n) is 19.9. The maximum Gasteiger partial charge on any atom is 0.254 e. The maximum atomic E-state index is 13.3. The van der Waals surface area contributed by atoms with Gasteiger partial charge in [0.15, 0.2) is 5.78 Å². The SMILES string of the molecule is Cc1ccc(C(=O)c2ccccc2C(=O)N2CCN(CC(=O)Nc3ccccc3Cl)CC2)cc1C. The first-order chi connectivity index (χ1) is 16.8. The number of para-hydroxylation sites is 1. The van der Waals surface area contributed by atoms with Crippen LogP contribution in [0.2, 0.25) is 5.02 Å². The fourth-order valence-corrected chi connectivity index (χ4v) is 4.32. The van der Waals surface area contributed by atoms with Gasteiger partial charge in [-0.25, -0.2) is 0 Å². The van der Waals surface area contributed by atoms with Crippen molar-refractivity contribution in [1.82, 2.24) is 9.80 Å². The molecule has 0 aromatic heterocycles. The molecule has 1 N–H and O–H groups in total. The fourth-order valence-electron chi connectivity index (χ4n) is 4.14. The number of carbonyl (C=O) groups excluding carboxylic acids is 3. The lowest BCUT2D eigenvalue weighted by Crippen LogP contribution is -2.50. The third-order valence-corrected chi connectivity index (χ3v) is 6.68. The van der Waals surface area contributed by atoms with Crippen molar-refractivity contribution in [1.29, 1.82) is 0 Å². The predicted molar refractivity (Wildman–Crippen MR) is 138 cm³/mol. The van der Waals surface area contributed by atoms with E-state index in [1.54, 1.807) is 47.4 Å². The van der Waals surface area contributed by atoms with E-state index in [1.165, 1.54) is 0 Å². The van der Waals surface area contributed by atoms with Crippen molar-refractivity contribution in [3.63, 3.8) is 0 Å². The number of hydrogen-bond acceptors (Lipinski definition) is 4. The number of ketones is 1. The highest BCUT2D eigenvalue weighted by atomic mass is 35.5. The lowest BCUT2D eigenvalue weighted by atomic mass is 9.95. The summed E-state index contributed by atoms with van der Waals surface area (Å²) in [6.07, 6.45) is 0. The molecule has 1 heterocycles. The Bertz CT molecular complexity index is 1270. The van der Waals surface area contributed by atoms with Gasteiger partial charge < -0.3 is 10.2 Å². The highest BCUT2D eigenvalue weighted by molar-refractivity contribution is 6.33. The van der Waals surface area contributed by atoms with Crippen molar-refractivity contribution in [3.05, 3.63) is 99.6 Å². The molecule has 0 aliphatic carbocycles. The molecule has 0 unspecified atom stereocenters. The monoisotopic (exact) mass is 489 g/mol. The van der Waals surface area contributed by atoms with Crippen LogP contribution in [-0.4, -0.2) is 60.1 Å². The van der Waals surface area contributed by atoms with Gasteiger partial charge in [-0.1, -0.05) is 54.1 Å². The van der Waals surface area contributed by atoms with Crippen molar-refractivity contribution in [2.75, 3.05) is 38.0 Å². The molecule has 0 spiro atoms. The number of carbonyl (C=O) groups is 3. The van der Waals surface area contributed by atoms with Gasteiger partial charge in [0.25, 0.3) is 5.91 Å². The lowest BCUT2D eigenvalue weighted by molar-refractivity contribution is -0.117. The summed E-state index contributed by atoms with van der Waals surface area (Å²) in [6.45, 7) is 6.27. The zero-order chi connectivity index (χ0) is 24.9. The van der Waals surface area contributed by atoms with E-state index >= 15 is 0 Å². The first-order valence-corrected chi connectivity index (χ1v) is 12.0. The van der Waals surface area contributed by atoms with Gasteiger partial charge in [0.1, 0.15) is 0 Å². The summed E-state index contributed by atoms with van der Waals surface area (Å²) in [5.41, 5.74) is 4.11. The van der Waals surface area contributed by atoms with E-state index in [1.807, 2.05) is 43.0 Å². The van der Waals surface area contributed by atoms with E-state index in [9.17, 15) is 14.4 Å². The Labute approximate surface area is 210 Å². The van der Waals surface area contributed by atoms with Crippen molar-refractivity contribution < 1.29 is 14.4 Å². The number of halogens is 1. The van der Waals surface area contributed by atoms with Crippen LogP contribution in [0.3, 0.4) is 0 Å². The van der Waals surface area contributed by atoms with E-state index in [2.05, 4.69) is 5.32 Å². The maximum absolute atomic E-state index is 13.3. The van der Waals surface area contributed by atoms with Crippen LogP contribution in [0.25, 0.3) is 0 Å². The minimum Gasteiger partial charge on any atom is -0.336 e. The van der Waals surface area contributed by atoms with Gasteiger partial charge in [0.05, 0.1) is 22.8 Å². The minimum absolute atomic E-state index is 0.151. The van der Waals surface area contributed by atoms with Crippen molar-refractivity contribution >= 4 is 34.9 Å². The van der Waals surface area contributed by atoms with Crippen LogP contribution in [0.1, 0.15) is 37.4 Å². The molecule has 0 saturated carbocycles. The average molecular weight is 490 g/mol. The molecule has 6 nitrogen and oxygen atoms in total. The quantitative estimate of drug-likeness (QED) is 0.514. The second-order valence-electron chi connectivity index (χ2n) is 8.77. The van der Waals surface area contributed by atoms with Crippen molar-refractivity contribution in [3.8, 4) is 0 Å². The number of amides is 2. The smallest absolute Gasteiger partial charge is 0.254 e. The number of nitrogens with zero attached hydrogens (tertiary/aromatic N) is 2. The summed E-state index contributed by atoms with van der Waals surface area (Å²) < 4.78 is 0. The molecular formula is C28H28ClN3O3. The predicted octanol–water partition coefficient (Wildman–Crippen LogP) is 4.58. The number of benzene rings is 3. The zero-order valence-corrected chi connectivity index (χ0v) is 20.6. The van der Waals surface area contributed by atoms with E-state index in [0.29, 0.717) is 53.6 Å². The largest absolute Gasteiger partial charge is 0.336 e. The Morgan fingerprint density at radius 3 is 2.17 bits per heavy atom. The Kier molecular flexibility index (Phi) is 7.63. The number of nitrogens with one attached hydrogen (secondary N) is 1. The molecule has 3 aromatic rings. The molecule has 7 heteroatoms. The fraction of sp³-hybridized carbons (Fsp3) is 0.250. The second-order valence-corrected chi connectivity index (χ2v) is 9.18. The molecule has 0 bridgehead atoms. The van der Waals surface area contributed by atoms with Crippen molar-refractivity contribution in [2.24, 2.45) is 0 Å². The number of hydrogen-bond donors (Lipinski definition) is 1. The number of piperazine rings is 1. The molecule has 4 rings (SSSR count). The van der Waals surface area contributed by atoms with Gasteiger partial charge in [0.2, 0.25) is 5.91 Å². The molecule has 35 heavy (non-hydrogen) atoms. The van der Waals surface area contributed by atoms with Crippen LogP contribution < -0.4 is 5.32 Å². The van der Waals surface area contributed by atoms with Gasteiger partial charge in [-0.2, -0.15) is 0 Å². The molecular weight excluding hydrogens is 462 g/mol. The Balaban J connectivity index is 1.39. The van der Waals surface area contributed by atoms with Crippen LogP contribution in [0.15, 0.2) is 66.7 Å². The molecule has 0 radical (unpaired) electrons. The third-order valence-electron chi connectivity index (χ3n) is 6.35. The highest BCUT2D eigenvalue weighted by Gasteiger charge is 2.26. The Morgan fingerprint density at radius 2 is 1.49 bits per heavy atom. The molecule has 1 fully saturated rings. The molecule has 180 valence electrons. The van der Waals surface area contributed by atoms with Crippen LogP contribution in [0.4, 0.5) is 5.69 Å². The summed E-state index contributed by atoms with van der Waals surface area (Å²) in [5, 5.41) is 3.32. The first-order valence-electron chi connectivity index (χ1n) is 11.6. The van der Waals surface area contributed by atoms with Crippen molar-refractivity contribution in [2.45, 2.75) is 13.8 Å². The van der Waals surface area contributed by atoms with E-state index in [-0.39, 0.29) is 24.1 Å². The topological polar surface area (TPSA) is 69.7 Å². The average Bonchev–Trinajstić information content (AvgIpc) is 2.86. The van der Waals surface area contributed by atoms with Crippen LogP contribution in [-0.2, 0) is 4.79 Å². The van der Waals surface area contributed by atoms with Gasteiger partial charge in [-0.05, 0) is 49.2 Å². The Hall–Kier alpha value is -3.48. The Morgan fingerprint density at radius 1 is 0.829 bits per heavy atom. The lowest BCUT2D eigenvalue weighted by Gasteiger charge is -2.34. The molecule has 1 aliphatic heterocycles. The number of anilines is 1. The normalized spacial score (nSPS) is 14.0. The summed E-state index contributed by atoms with van der Waals surface area (Å²) in [4.78, 5) is 42.8. The summed E-state index contributed by atoms with van der Waals surface area (Å²) in [6, 6.07) is 19.7. The second kappa shape index (κ2) is 10.8. The molecule has 1 saturated heterocycles. The van der Waals surface area contributed by atoms with E-state index in [4.69, 9.17) is 11.6 Å². The van der Waals surface area contributed by atoms with Gasteiger partial charge in [-0.15, -0.1) is 0 Å². The standard InChI is InChI=1S/C28H28ClN3O3/c1-19-11-12-21(17-20(19)2)27(34)22-7-3-4-8-23(22)28(35)32-15-13-31(14-16-32)18-26(33)30-25-10-6-5-9-24(25)29/h3-12,17H,13-16,18H2,1-2H3,(H,30,33). The molecule has 0 atom stereocenters. The van der Waals surface area contributed by atoms with Crippen LogP contribution in [0, 0.1) is 13.8 Å². The van der Waals surface area contributed by atoms with Gasteiger partial charge >= 0.3 is 0 Å². The molecule has 1 aliphatic rings. The summed E-state index contributed by atoms with van der Waals surface area (Å²) in [5.74, 6) is -0.480. The number of rotatable bonds is 6. The van der Waals surface area contributed by atoms with E-state index < -0.39 is 0 Å². The molecule has 3 aromatic carbocycles. The minimum atomic E-state index is -0.169. The highest BCUT2D eigenvalue weighted by Crippen LogP contribution is 2.21. The summed E-state index contributed by atoms with van der Waals surface area (Å²) in [7, 11) is 0. The summed E-state index contributed by atoms with van der Waals surface area (Å²) >= 11 is 6.12. The van der Waals surface area contributed by atoms with E-state index in [0.717, 1.165) is 11.1 Å². The van der Waals surface area contributed by atoms with Crippen LogP contribution in [0.5, 0.6) is 0 Å².